The van der Waals surface area contributed by atoms with Gasteiger partial charge < -0.3 is 10.2 Å². The van der Waals surface area contributed by atoms with Gasteiger partial charge in [0.2, 0.25) is 0 Å². The van der Waals surface area contributed by atoms with Gasteiger partial charge in [0.1, 0.15) is 15.6 Å². The summed E-state index contributed by atoms with van der Waals surface area (Å²) in [6.45, 7) is 3.54. The lowest BCUT2D eigenvalue weighted by Crippen LogP contribution is -2.38. The van der Waals surface area contributed by atoms with Gasteiger partial charge in [0.05, 0.1) is 11.4 Å². The molecule has 0 spiro atoms. The summed E-state index contributed by atoms with van der Waals surface area (Å²) in [5.41, 5.74) is -0.590. The van der Waals surface area contributed by atoms with Crippen LogP contribution in [0.5, 0.6) is 5.75 Å². The molecule has 1 aromatic carbocycles. The fourth-order valence-corrected chi connectivity index (χ4v) is 3.13. The highest BCUT2D eigenvalue weighted by Crippen LogP contribution is 2.21. The van der Waals surface area contributed by atoms with E-state index in [0.29, 0.717) is 0 Å². The van der Waals surface area contributed by atoms with E-state index in [2.05, 4.69) is 6.58 Å². The Balaban J connectivity index is 2.91. The van der Waals surface area contributed by atoms with E-state index >= 15 is 0 Å². The summed E-state index contributed by atoms with van der Waals surface area (Å²) in [7, 11) is -3.28. The SMILES string of the molecule is C=CCC(O)(Cc1ccc(O)cc1)CS(C)(=O)=O. The van der Waals surface area contributed by atoms with Gasteiger partial charge in [0.15, 0.2) is 0 Å². The van der Waals surface area contributed by atoms with Gasteiger partial charge >= 0.3 is 0 Å². The largest absolute Gasteiger partial charge is 0.508 e. The van der Waals surface area contributed by atoms with Gasteiger partial charge in [0.25, 0.3) is 0 Å². The average Bonchev–Trinajstić information content (AvgIpc) is 2.18. The van der Waals surface area contributed by atoms with Crippen molar-refractivity contribution in [3.05, 3.63) is 42.5 Å². The molecule has 0 radical (unpaired) electrons. The summed E-state index contributed by atoms with van der Waals surface area (Å²) in [6.07, 6.45) is 3.00. The van der Waals surface area contributed by atoms with Crippen LogP contribution in [0.25, 0.3) is 0 Å². The standard InChI is InChI=1S/C13H18O4S/c1-3-8-13(15,10-18(2,16)17)9-11-4-6-12(14)7-5-11/h3-7,14-15H,1,8-10H2,2H3. The van der Waals surface area contributed by atoms with Crippen LogP contribution < -0.4 is 0 Å². The molecule has 100 valence electrons. The van der Waals surface area contributed by atoms with Crippen molar-refractivity contribution in [3.8, 4) is 5.75 Å². The molecule has 0 heterocycles. The van der Waals surface area contributed by atoms with Crippen molar-refractivity contribution in [1.29, 1.82) is 0 Å². The molecule has 1 unspecified atom stereocenters. The van der Waals surface area contributed by atoms with Gasteiger partial charge in [-0.25, -0.2) is 8.42 Å². The van der Waals surface area contributed by atoms with E-state index in [1.807, 2.05) is 0 Å². The lowest BCUT2D eigenvalue weighted by molar-refractivity contribution is 0.0671. The van der Waals surface area contributed by atoms with Crippen LogP contribution in [0.15, 0.2) is 36.9 Å². The maximum absolute atomic E-state index is 11.3. The minimum Gasteiger partial charge on any atom is -0.508 e. The average molecular weight is 270 g/mol. The number of benzene rings is 1. The molecule has 0 aliphatic heterocycles. The number of hydrogen-bond donors (Lipinski definition) is 2. The Morgan fingerprint density at radius 1 is 1.33 bits per heavy atom. The number of hydrogen-bond acceptors (Lipinski definition) is 4. The summed E-state index contributed by atoms with van der Waals surface area (Å²) in [5.74, 6) is -0.179. The first-order chi connectivity index (χ1) is 8.24. The number of aromatic hydroxyl groups is 1. The number of aliphatic hydroxyl groups is 1. The highest BCUT2D eigenvalue weighted by molar-refractivity contribution is 7.90. The molecule has 0 bridgehead atoms. The molecule has 0 aromatic heterocycles. The third-order valence-electron chi connectivity index (χ3n) is 2.52. The molecular weight excluding hydrogens is 252 g/mol. The van der Waals surface area contributed by atoms with Crippen LogP contribution in [0.4, 0.5) is 0 Å². The molecule has 1 atom stereocenters. The maximum atomic E-state index is 11.3. The molecule has 1 aromatic rings. The Hall–Kier alpha value is -1.33. The van der Waals surface area contributed by atoms with Crippen LogP contribution in [0.2, 0.25) is 0 Å². The zero-order valence-electron chi connectivity index (χ0n) is 10.3. The molecule has 0 amide bonds. The predicted octanol–water partition coefficient (Wildman–Crippen LogP) is 1.29. The summed E-state index contributed by atoms with van der Waals surface area (Å²) in [4.78, 5) is 0. The lowest BCUT2D eigenvalue weighted by atomic mass is 9.93. The highest BCUT2D eigenvalue weighted by Gasteiger charge is 2.30. The molecule has 5 heteroatoms. The van der Waals surface area contributed by atoms with E-state index in [-0.39, 0.29) is 24.3 Å². The molecule has 0 aliphatic carbocycles. The minimum atomic E-state index is -3.28. The highest BCUT2D eigenvalue weighted by atomic mass is 32.2. The Labute approximate surface area is 108 Å². The van der Waals surface area contributed by atoms with Gasteiger partial charge in [-0.2, -0.15) is 0 Å². The Morgan fingerprint density at radius 2 is 1.89 bits per heavy atom. The van der Waals surface area contributed by atoms with Gasteiger partial charge in [-0.15, -0.1) is 6.58 Å². The molecule has 0 saturated heterocycles. The van der Waals surface area contributed by atoms with E-state index < -0.39 is 15.4 Å². The summed E-state index contributed by atoms with van der Waals surface area (Å²) in [6, 6.07) is 6.32. The second-order valence-corrected chi connectivity index (χ2v) is 6.77. The second-order valence-electron chi connectivity index (χ2n) is 4.63. The first-order valence-corrected chi connectivity index (χ1v) is 7.59. The van der Waals surface area contributed by atoms with Crippen molar-refractivity contribution in [1.82, 2.24) is 0 Å². The second kappa shape index (κ2) is 5.54. The summed E-state index contributed by atoms with van der Waals surface area (Å²) >= 11 is 0. The Bertz CT molecular complexity index is 504. The van der Waals surface area contributed by atoms with E-state index in [1.54, 1.807) is 12.1 Å². The molecular formula is C13H18O4S. The normalized spacial score (nSPS) is 15.0. The van der Waals surface area contributed by atoms with Crippen molar-refractivity contribution < 1.29 is 18.6 Å². The third kappa shape index (κ3) is 4.89. The number of phenolic OH excluding ortho intramolecular Hbond substituents is 1. The van der Waals surface area contributed by atoms with Crippen molar-refractivity contribution >= 4 is 9.84 Å². The van der Waals surface area contributed by atoms with Gasteiger partial charge in [-0.1, -0.05) is 18.2 Å². The van der Waals surface area contributed by atoms with Crippen LogP contribution in [0.3, 0.4) is 0 Å². The van der Waals surface area contributed by atoms with Crippen molar-refractivity contribution in [2.45, 2.75) is 18.4 Å². The summed E-state index contributed by atoms with van der Waals surface area (Å²) < 4.78 is 22.7. The van der Waals surface area contributed by atoms with Crippen LogP contribution in [-0.4, -0.2) is 36.2 Å². The van der Waals surface area contributed by atoms with E-state index in [9.17, 15) is 18.6 Å². The summed E-state index contributed by atoms with van der Waals surface area (Å²) in [5, 5.41) is 19.5. The van der Waals surface area contributed by atoms with Gasteiger partial charge in [-0.05, 0) is 24.1 Å². The first kappa shape index (κ1) is 14.7. The quantitative estimate of drug-likeness (QED) is 0.764. The van der Waals surface area contributed by atoms with Crippen molar-refractivity contribution in [3.63, 3.8) is 0 Å². The van der Waals surface area contributed by atoms with Crippen LogP contribution in [0.1, 0.15) is 12.0 Å². The third-order valence-corrected chi connectivity index (χ3v) is 3.59. The fraction of sp³-hybridized carbons (Fsp3) is 0.385. The van der Waals surface area contributed by atoms with Crippen LogP contribution in [-0.2, 0) is 16.3 Å². The van der Waals surface area contributed by atoms with Crippen molar-refractivity contribution in [2.24, 2.45) is 0 Å². The smallest absolute Gasteiger partial charge is 0.150 e. The zero-order valence-corrected chi connectivity index (χ0v) is 11.2. The Kier molecular flexibility index (Phi) is 4.53. The van der Waals surface area contributed by atoms with Crippen molar-refractivity contribution in [2.75, 3.05) is 12.0 Å². The monoisotopic (exact) mass is 270 g/mol. The van der Waals surface area contributed by atoms with Gasteiger partial charge in [-0.3, -0.25) is 0 Å². The molecule has 2 N–H and O–H groups in total. The minimum absolute atomic E-state index is 0.133. The molecule has 0 saturated carbocycles. The molecule has 0 aliphatic rings. The number of rotatable bonds is 6. The van der Waals surface area contributed by atoms with E-state index in [4.69, 9.17) is 0 Å². The fourth-order valence-electron chi connectivity index (χ4n) is 1.93. The molecule has 4 nitrogen and oxygen atoms in total. The lowest BCUT2D eigenvalue weighted by Gasteiger charge is -2.26. The Morgan fingerprint density at radius 3 is 2.33 bits per heavy atom. The topological polar surface area (TPSA) is 74.6 Å². The predicted molar refractivity (Wildman–Crippen MR) is 71.3 cm³/mol. The van der Waals surface area contributed by atoms with Gasteiger partial charge in [0, 0.05) is 12.7 Å². The number of phenols is 1. The van der Waals surface area contributed by atoms with Crippen LogP contribution >= 0.6 is 0 Å². The first-order valence-electron chi connectivity index (χ1n) is 5.53. The molecule has 0 fully saturated rings. The van der Waals surface area contributed by atoms with E-state index in [0.717, 1.165) is 11.8 Å². The zero-order chi connectivity index (χ0) is 13.8. The number of sulfone groups is 1. The maximum Gasteiger partial charge on any atom is 0.150 e. The molecule has 18 heavy (non-hydrogen) atoms. The van der Waals surface area contributed by atoms with E-state index in [1.165, 1.54) is 18.2 Å². The molecule has 1 rings (SSSR count). The van der Waals surface area contributed by atoms with Crippen LogP contribution in [0, 0.1) is 0 Å².